The van der Waals surface area contributed by atoms with E-state index in [1.165, 1.54) is 19.4 Å². The third kappa shape index (κ3) is 3.21. The number of nitrogens with zero attached hydrogens (tertiary/aromatic N) is 3. The largest absolute Gasteiger partial charge is 0.354 e. The van der Waals surface area contributed by atoms with Gasteiger partial charge in [0.1, 0.15) is 5.82 Å². The van der Waals surface area contributed by atoms with Crippen LogP contribution in [0.3, 0.4) is 0 Å². The molecule has 0 unspecified atom stereocenters. The standard InChI is InChI=1S/C14H22N4/c1-2-6-16-14(3-1)18-11-9-17(10-12-18)8-7-15-13-4-5-13/h1-3,6,13,15H,4-5,7-12H2. The molecule has 0 radical (unpaired) electrons. The van der Waals surface area contributed by atoms with Gasteiger partial charge in [0.15, 0.2) is 0 Å². The Morgan fingerprint density at radius 2 is 2.00 bits per heavy atom. The summed E-state index contributed by atoms with van der Waals surface area (Å²) in [5.74, 6) is 1.12. The predicted molar refractivity (Wildman–Crippen MR) is 73.9 cm³/mol. The smallest absolute Gasteiger partial charge is 0.128 e. The van der Waals surface area contributed by atoms with Gasteiger partial charge < -0.3 is 10.2 Å². The van der Waals surface area contributed by atoms with E-state index in [2.05, 4.69) is 32.2 Å². The first-order valence-corrected chi connectivity index (χ1v) is 7.03. The Bertz CT molecular complexity index is 355. The maximum Gasteiger partial charge on any atom is 0.128 e. The highest BCUT2D eigenvalue weighted by Crippen LogP contribution is 2.18. The third-order valence-electron chi connectivity index (χ3n) is 3.78. The maximum atomic E-state index is 4.42. The molecule has 1 aliphatic carbocycles. The van der Waals surface area contributed by atoms with Gasteiger partial charge in [-0.25, -0.2) is 4.98 Å². The van der Waals surface area contributed by atoms with Crippen LogP contribution >= 0.6 is 0 Å². The molecule has 1 saturated carbocycles. The summed E-state index contributed by atoms with van der Waals surface area (Å²) in [5, 5.41) is 3.58. The van der Waals surface area contributed by atoms with E-state index in [4.69, 9.17) is 0 Å². The van der Waals surface area contributed by atoms with Gasteiger partial charge in [-0.3, -0.25) is 4.90 Å². The first-order chi connectivity index (χ1) is 8.92. The van der Waals surface area contributed by atoms with Gasteiger partial charge in [-0.1, -0.05) is 6.07 Å². The van der Waals surface area contributed by atoms with Gasteiger partial charge >= 0.3 is 0 Å². The highest BCUT2D eigenvalue weighted by atomic mass is 15.3. The van der Waals surface area contributed by atoms with Crippen molar-refractivity contribution in [3.8, 4) is 0 Å². The van der Waals surface area contributed by atoms with E-state index in [-0.39, 0.29) is 0 Å². The number of nitrogens with one attached hydrogen (secondary N) is 1. The van der Waals surface area contributed by atoms with Gasteiger partial charge in [-0.15, -0.1) is 0 Å². The van der Waals surface area contributed by atoms with Crippen molar-refractivity contribution in [1.82, 2.24) is 15.2 Å². The second-order valence-corrected chi connectivity index (χ2v) is 5.25. The van der Waals surface area contributed by atoms with Crippen molar-refractivity contribution >= 4 is 5.82 Å². The Hall–Kier alpha value is -1.13. The van der Waals surface area contributed by atoms with Crippen molar-refractivity contribution in [2.45, 2.75) is 18.9 Å². The zero-order valence-corrected chi connectivity index (χ0v) is 10.9. The van der Waals surface area contributed by atoms with Gasteiger partial charge in [-0.2, -0.15) is 0 Å². The molecular weight excluding hydrogens is 224 g/mol. The lowest BCUT2D eigenvalue weighted by Crippen LogP contribution is -2.48. The summed E-state index contributed by atoms with van der Waals surface area (Å²) < 4.78 is 0. The molecule has 1 N–H and O–H groups in total. The summed E-state index contributed by atoms with van der Waals surface area (Å²) in [4.78, 5) is 9.35. The number of piperazine rings is 1. The zero-order valence-electron chi connectivity index (χ0n) is 10.9. The lowest BCUT2D eigenvalue weighted by molar-refractivity contribution is 0.257. The molecule has 0 spiro atoms. The fourth-order valence-electron chi connectivity index (χ4n) is 2.46. The van der Waals surface area contributed by atoms with Crippen LogP contribution in [0.2, 0.25) is 0 Å². The molecule has 1 aromatic heterocycles. The normalized spacial score (nSPS) is 21.2. The fourth-order valence-corrected chi connectivity index (χ4v) is 2.46. The number of hydrogen-bond acceptors (Lipinski definition) is 4. The average Bonchev–Trinajstić information content (AvgIpc) is 3.25. The Balaban J connectivity index is 1.40. The average molecular weight is 246 g/mol. The molecule has 0 aromatic carbocycles. The van der Waals surface area contributed by atoms with Crippen LogP contribution in [0.4, 0.5) is 5.82 Å². The van der Waals surface area contributed by atoms with Crippen LogP contribution in [-0.4, -0.2) is 55.2 Å². The summed E-state index contributed by atoms with van der Waals surface area (Å²) >= 11 is 0. The van der Waals surface area contributed by atoms with E-state index in [0.29, 0.717) is 0 Å². The van der Waals surface area contributed by atoms with Crippen molar-refractivity contribution in [2.24, 2.45) is 0 Å². The second kappa shape index (κ2) is 5.67. The monoisotopic (exact) mass is 246 g/mol. The van der Waals surface area contributed by atoms with Crippen LogP contribution in [-0.2, 0) is 0 Å². The van der Waals surface area contributed by atoms with E-state index < -0.39 is 0 Å². The van der Waals surface area contributed by atoms with Crippen LogP contribution in [0.1, 0.15) is 12.8 Å². The zero-order chi connectivity index (χ0) is 12.2. The van der Waals surface area contributed by atoms with Crippen LogP contribution in [0.25, 0.3) is 0 Å². The molecule has 2 heterocycles. The molecule has 0 bridgehead atoms. The molecule has 0 atom stereocenters. The lowest BCUT2D eigenvalue weighted by atomic mass is 10.3. The van der Waals surface area contributed by atoms with Crippen LogP contribution in [0.5, 0.6) is 0 Å². The molecule has 1 aromatic rings. The Kier molecular flexibility index (Phi) is 3.76. The van der Waals surface area contributed by atoms with E-state index in [0.717, 1.165) is 44.6 Å². The van der Waals surface area contributed by atoms with E-state index in [9.17, 15) is 0 Å². The molecule has 98 valence electrons. The van der Waals surface area contributed by atoms with Gasteiger partial charge in [0.2, 0.25) is 0 Å². The summed E-state index contributed by atoms with van der Waals surface area (Å²) in [6, 6.07) is 6.97. The van der Waals surface area contributed by atoms with Crippen molar-refractivity contribution in [1.29, 1.82) is 0 Å². The molecule has 1 saturated heterocycles. The first kappa shape index (κ1) is 11.9. The molecule has 1 aliphatic heterocycles. The first-order valence-electron chi connectivity index (χ1n) is 7.03. The molecule has 2 aliphatic rings. The van der Waals surface area contributed by atoms with Crippen molar-refractivity contribution in [3.05, 3.63) is 24.4 Å². The Morgan fingerprint density at radius 1 is 1.17 bits per heavy atom. The Morgan fingerprint density at radius 3 is 2.67 bits per heavy atom. The highest BCUT2D eigenvalue weighted by Gasteiger charge is 2.21. The number of rotatable bonds is 5. The van der Waals surface area contributed by atoms with Crippen LogP contribution < -0.4 is 10.2 Å². The van der Waals surface area contributed by atoms with Gasteiger partial charge in [-0.05, 0) is 25.0 Å². The molecular formula is C14H22N4. The lowest BCUT2D eigenvalue weighted by Gasteiger charge is -2.35. The molecule has 2 fully saturated rings. The van der Waals surface area contributed by atoms with Crippen molar-refractivity contribution in [2.75, 3.05) is 44.2 Å². The van der Waals surface area contributed by atoms with Crippen molar-refractivity contribution < 1.29 is 0 Å². The summed E-state index contributed by atoms with van der Waals surface area (Å²) in [6.07, 6.45) is 4.64. The summed E-state index contributed by atoms with van der Waals surface area (Å²) in [7, 11) is 0. The molecule has 18 heavy (non-hydrogen) atoms. The minimum Gasteiger partial charge on any atom is -0.354 e. The molecule has 0 amide bonds. The fraction of sp³-hybridized carbons (Fsp3) is 0.643. The SMILES string of the molecule is c1ccc(N2CCN(CCNC3CC3)CC2)nc1. The van der Waals surface area contributed by atoms with Gasteiger partial charge in [0.25, 0.3) is 0 Å². The van der Waals surface area contributed by atoms with E-state index in [1.807, 2.05) is 12.3 Å². The van der Waals surface area contributed by atoms with E-state index in [1.54, 1.807) is 0 Å². The number of pyridine rings is 1. The maximum absolute atomic E-state index is 4.42. The third-order valence-corrected chi connectivity index (χ3v) is 3.78. The Labute approximate surface area is 109 Å². The van der Waals surface area contributed by atoms with Crippen LogP contribution in [0.15, 0.2) is 24.4 Å². The van der Waals surface area contributed by atoms with Crippen LogP contribution in [0, 0.1) is 0 Å². The topological polar surface area (TPSA) is 31.4 Å². The predicted octanol–water partition coefficient (Wildman–Crippen LogP) is 0.956. The summed E-state index contributed by atoms with van der Waals surface area (Å²) in [5.41, 5.74) is 0. The summed E-state index contributed by atoms with van der Waals surface area (Å²) in [6.45, 7) is 6.84. The van der Waals surface area contributed by atoms with E-state index >= 15 is 0 Å². The number of anilines is 1. The molecule has 4 heteroatoms. The molecule has 4 nitrogen and oxygen atoms in total. The second-order valence-electron chi connectivity index (χ2n) is 5.25. The minimum absolute atomic E-state index is 0.833. The van der Waals surface area contributed by atoms with Crippen molar-refractivity contribution in [3.63, 3.8) is 0 Å². The quantitative estimate of drug-likeness (QED) is 0.838. The van der Waals surface area contributed by atoms with Gasteiger partial charge in [0, 0.05) is 51.5 Å². The minimum atomic E-state index is 0.833. The van der Waals surface area contributed by atoms with Gasteiger partial charge in [0.05, 0.1) is 0 Å². The number of hydrogen-bond donors (Lipinski definition) is 1. The highest BCUT2D eigenvalue weighted by molar-refractivity contribution is 5.38. The molecule has 3 rings (SSSR count). The number of aromatic nitrogens is 1.